The van der Waals surface area contributed by atoms with Gasteiger partial charge in [-0.1, -0.05) is 60.7 Å². The number of Topliss-reactive ketones (excluding diaryl/α,β-unsaturated/α-hetero) is 1. The molecule has 30 heavy (non-hydrogen) atoms. The number of carbonyl (C=O) groups excluding carboxylic acids is 2. The van der Waals surface area contributed by atoms with E-state index >= 15 is 0 Å². The van der Waals surface area contributed by atoms with Crippen molar-refractivity contribution in [3.05, 3.63) is 83.1 Å². The predicted molar refractivity (Wildman–Crippen MR) is 103 cm³/mol. The lowest BCUT2D eigenvalue weighted by atomic mass is 9.89. The zero-order chi connectivity index (χ0) is 21.5. The maximum Gasteiger partial charge on any atom is 0.430 e. The lowest BCUT2D eigenvalue weighted by Crippen LogP contribution is -2.55. The van der Waals surface area contributed by atoms with Crippen LogP contribution in [0.25, 0.3) is 0 Å². The van der Waals surface area contributed by atoms with Gasteiger partial charge in [0.25, 0.3) is 11.5 Å². The average Bonchev–Trinajstić information content (AvgIpc) is 2.84. The van der Waals surface area contributed by atoms with Crippen molar-refractivity contribution in [1.82, 2.24) is 4.90 Å². The standard InChI is InChI=1S/C23H20F3NO3/c24-23(25,26)22(30)19-17(13-7-8-14-18(19)28)27(21(22)29)20(15-9-3-1-4-10-15)16-11-5-2-6-12-16/h1-6,9-12,20,30H,7-8,13-14H2. The lowest BCUT2D eigenvalue weighted by molar-refractivity contribution is -0.238. The van der Waals surface area contributed by atoms with Gasteiger partial charge < -0.3 is 10.0 Å². The van der Waals surface area contributed by atoms with Crippen molar-refractivity contribution in [1.29, 1.82) is 0 Å². The number of alkyl halides is 3. The number of benzene rings is 2. The van der Waals surface area contributed by atoms with Crippen LogP contribution in [0.4, 0.5) is 13.2 Å². The molecule has 1 atom stereocenters. The van der Waals surface area contributed by atoms with Crippen LogP contribution < -0.4 is 0 Å². The van der Waals surface area contributed by atoms with E-state index in [1.165, 1.54) is 0 Å². The molecule has 1 amide bonds. The number of allylic oxidation sites excluding steroid dienone is 1. The Balaban J connectivity index is 1.97. The molecule has 1 aliphatic heterocycles. The summed E-state index contributed by atoms with van der Waals surface area (Å²) in [6, 6.07) is 16.4. The quantitative estimate of drug-likeness (QED) is 0.813. The van der Waals surface area contributed by atoms with Crippen LogP contribution in [0.2, 0.25) is 0 Å². The zero-order valence-electron chi connectivity index (χ0n) is 16.0. The minimum Gasteiger partial charge on any atom is -0.368 e. The molecular formula is C23H20F3NO3. The van der Waals surface area contributed by atoms with E-state index in [0.717, 1.165) is 4.90 Å². The minimum absolute atomic E-state index is 0.0277. The molecule has 1 heterocycles. The van der Waals surface area contributed by atoms with E-state index in [0.29, 0.717) is 24.0 Å². The lowest BCUT2D eigenvalue weighted by Gasteiger charge is -2.33. The van der Waals surface area contributed by atoms with Crippen molar-refractivity contribution in [2.45, 2.75) is 43.5 Å². The molecule has 0 spiro atoms. The molecule has 0 fully saturated rings. The number of carbonyl (C=O) groups is 2. The Labute approximate surface area is 171 Å². The highest BCUT2D eigenvalue weighted by atomic mass is 19.4. The monoisotopic (exact) mass is 415 g/mol. The summed E-state index contributed by atoms with van der Waals surface area (Å²) in [6.45, 7) is 0. The SMILES string of the molecule is O=C1CCCCC2=C1C(O)(C(F)(F)F)C(=O)N2C(c1ccccc1)c1ccccc1. The molecule has 1 N–H and O–H groups in total. The third-order valence-corrected chi connectivity index (χ3v) is 5.71. The molecule has 1 aliphatic carbocycles. The smallest absolute Gasteiger partial charge is 0.368 e. The second kappa shape index (κ2) is 7.40. The van der Waals surface area contributed by atoms with Crippen LogP contribution in [0.3, 0.4) is 0 Å². The minimum atomic E-state index is -5.31. The fourth-order valence-electron chi connectivity index (χ4n) is 4.34. The fraction of sp³-hybridized carbons (Fsp3) is 0.304. The van der Waals surface area contributed by atoms with Gasteiger partial charge in [-0.05, 0) is 30.4 Å². The van der Waals surface area contributed by atoms with Gasteiger partial charge in [0.1, 0.15) is 0 Å². The summed E-state index contributed by atoms with van der Waals surface area (Å²) in [6.07, 6.45) is -4.46. The Hall–Kier alpha value is -2.93. The van der Waals surface area contributed by atoms with Crippen molar-refractivity contribution in [3.8, 4) is 0 Å². The normalized spacial score (nSPS) is 22.5. The van der Waals surface area contributed by atoms with Crippen molar-refractivity contribution in [2.24, 2.45) is 0 Å². The molecule has 0 bridgehead atoms. The molecule has 7 heteroatoms. The average molecular weight is 415 g/mol. The third kappa shape index (κ3) is 3.04. The maximum atomic E-state index is 14.0. The fourth-order valence-corrected chi connectivity index (χ4v) is 4.34. The molecule has 4 rings (SSSR count). The first kappa shape index (κ1) is 20.3. The van der Waals surface area contributed by atoms with E-state index in [1.807, 2.05) is 0 Å². The van der Waals surface area contributed by atoms with Gasteiger partial charge in [0, 0.05) is 12.1 Å². The van der Waals surface area contributed by atoms with E-state index in [2.05, 4.69) is 0 Å². The molecule has 156 valence electrons. The Kier molecular flexibility index (Phi) is 5.02. The number of hydrogen-bond donors (Lipinski definition) is 1. The number of halogens is 3. The van der Waals surface area contributed by atoms with Gasteiger partial charge in [-0.3, -0.25) is 9.59 Å². The van der Waals surface area contributed by atoms with Gasteiger partial charge in [-0.25, -0.2) is 0 Å². The zero-order valence-corrected chi connectivity index (χ0v) is 16.0. The number of aliphatic hydroxyl groups is 1. The topological polar surface area (TPSA) is 57.6 Å². The molecule has 0 saturated carbocycles. The highest BCUT2D eigenvalue weighted by Gasteiger charge is 2.70. The van der Waals surface area contributed by atoms with Crippen LogP contribution in [-0.2, 0) is 9.59 Å². The second-order valence-electron chi connectivity index (χ2n) is 7.56. The summed E-state index contributed by atoms with van der Waals surface area (Å²) >= 11 is 0. The van der Waals surface area contributed by atoms with E-state index < -0.39 is 35.1 Å². The Morgan fingerprint density at radius 1 is 0.867 bits per heavy atom. The molecule has 0 radical (unpaired) electrons. The number of hydrogen-bond acceptors (Lipinski definition) is 3. The van der Waals surface area contributed by atoms with Crippen LogP contribution in [-0.4, -0.2) is 33.5 Å². The predicted octanol–water partition coefficient (Wildman–Crippen LogP) is 4.31. The Morgan fingerprint density at radius 2 is 1.37 bits per heavy atom. The summed E-state index contributed by atoms with van der Waals surface area (Å²) in [7, 11) is 0. The Morgan fingerprint density at radius 3 is 1.87 bits per heavy atom. The second-order valence-corrected chi connectivity index (χ2v) is 7.56. The van der Waals surface area contributed by atoms with Crippen molar-refractivity contribution in [2.75, 3.05) is 0 Å². The van der Waals surface area contributed by atoms with Gasteiger partial charge >= 0.3 is 6.18 Å². The molecular weight excluding hydrogens is 395 g/mol. The first-order chi connectivity index (χ1) is 14.3. The maximum absolute atomic E-state index is 14.0. The number of nitrogens with zero attached hydrogens (tertiary/aromatic N) is 1. The van der Waals surface area contributed by atoms with E-state index in [-0.39, 0.29) is 18.5 Å². The summed E-state index contributed by atoms with van der Waals surface area (Å²) in [5, 5.41) is 10.7. The number of ketones is 1. The highest BCUT2D eigenvalue weighted by Crippen LogP contribution is 2.51. The molecule has 4 nitrogen and oxygen atoms in total. The first-order valence-corrected chi connectivity index (χ1v) is 9.76. The van der Waals surface area contributed by atoms with Gasteiger partial charge in [0.15, 0.2) is 5.78 Å². The molecule has 2 aromatic carbocycles. The van der Waals surface area contributed by atoms with Gasteiger partial charge in [0.05, 0.1) is 11.6 Å². The molecule has 2 aromatic rings. The van der Waals surface area contributed by atoms with E-state index in [1.54, 1.807) is 60.7 Å². The Bertz CT molecular complexity index is 962. The molecule has 0 aromatic heterocycles. The van der Waals surface area contributed by atoms with Gasteiger partial charge in [-0.15, -0.1) is 0 Å². The number of rotatable bonds is 3. The van der Waals surface area contributed by atoms with E-state index in [9.17, 15) is 27.9 Å². The van der Waals surface area contributed by atoms with Crippen LogP contribution in [0.5, 0.6) is 0 Å². The summed E-state index contributed by atoms with van der Waals surface area (Å²) in [5.74, 6) is -2.34. The largest absolute Gasteiger partial charge is 0.430 e. The molecule has 1 unspecified atom stereocenters. The third-order valence-electron chi connectivity index (χ3n) is 5.71. The van der Waals surface area contributed by atoms with Gasteiger partial charge in [-0.2, -0.15) is 13.2 Å². The highest BCUT2D eigenvalue weighted by molar-refractivity contribution is 6.10. The van der Waals surface area contributed by atoms with Crippen molar-refractivity contribution >= 4 is 11.7 Å². The first-order valence-electron chi connectivity index (χ1n) is 9.76. The molecule has 0 saturated heterocycles. The van der Waals surface area contributed by atoms with Crippen LogP contribution in [0.15, 0.2) is 71.9 Å². The van der Waals surface area contributed by atoms with E-state index in [4.69, 9.17) is 0 Å². The van der Waals surface area contributed by atoms with Crippen molar-refractivity contribution < 1.29 is 27.9 Å². The van der Waals surface area contributed by atoms with Crippen LogP contribution >= 0.6 is 0 Å². The van der Waals surface area contributed by atoms with Crippen LogP contribution in [0.1, 0.15) is 42.9 Å². The van der Waals surface area contributed by atoms with Crippen LogP contribution in [0, 0.1) is 0 Å². The van der Waals surface area contributed by atoms with Crippen molar-refractivity contribution in [3.63, 3.8) is 0 Å². The summed E-state index contributed by atoms with van der Waals surface area (Å²) < 4.78 is 42.1. The summed E-state index contributed by atoms with van der Waals surface area (Å²) in [4.78, 5) is 26.9. The summed E-state index contributed by atoms with van der Waals surface area (Å²) in [5.41, 5.74) is -3.49. The molecule has 2 aliphatic rings. The van der Waals surface area contributed by atoms with Gasteiger partial charge in [0.2, 0.25) is 0 Å². The number of amides is 1.